The van der Waals surface area contributed by atoms with Crippen molar-refractivity contribution in [3.63, 3.8) is 0 Å². The van der Waals surface area contributed by atoms with Crippen molar-refractivity contribution in [3.8, 4) is 11.5 Å². The van der Waals surface area contributed by atoms with Crippen LogP contribution in [-0.4, -0.2) is 85.9 Å². The Bertz CT molecular complexity index is 1870. The maximum Gasteiger partial charge on any atom is 0.251 e. The first-order valence-corrected chi connectivity index (χ1v) is 16.1. The van der Waals surface area contributed by atoms with Crippen molar-refractivity contribution in [1.82, 2.24) is 24.8 Å². The highest BCUT2D eigenvalue weighted by Gasteiger charge is 2.44. The van der Waals surface area contributed by atoms with E-state index < -0.39 is 36.9 Å². The zero-order valence-corrected chi connectivity index (χ0v) is 27.1. The molecule has 0 aliphatic carbocycles. The number of aromatic nitrogens is 4. The molecule has 13 nitrogen and oxygen atoms in total. The van der Waals surface area contributed by atoms with E-state index in [4.69, 9.17) is 14.2 Å². The Morgan fingerprint density at radius 1 is 0.938 bits per heavy atom. The van der Waals surface area contributed by atoms with E-state index in [9.17, 15) is 20.1 Å². The normalized spacial score (nSPS) is 18.9. The summed E-state index contributed by atoms with van der Waals surface area (Å²) < 4.78 is 18.4. The van der Waals surface area contributed by atoms with E-state index in [2.05, 4.69) is 25.6 Å². The molecular formula is C34H36N6O7S. The first-order chi connectivity index (χ1) is 23.4. The van der Waals surface area contributed by atoms with Gasteiger partial charge in [-0.2, -0.15) is 0 Å². The zero-order chi connectivity index (χ0) is 33.6. The third-order valence-corrected chi connectivity index (χ3v) is 9.39. The molecular weight excluding hydrogens is 636 g/mol. The number of amides is 1. The van der Waals surface area contributed by atoms with Crippen LogP contribution in [0.2, 0.25) is 0 Å². The molecule has 0 saturated carbocycles. The van der Waals surface area contributed by atoms with Crippen LogP contribution in [0, 0.1) is 0 Å². The summed E-state index contributed by atoms with van der Waals surface area (Å²) >= 11 is 1.59. The molecule has 4 atom stereocenters. The van der Waals surface area contributed by atoms with Gasteiger partial charge in [0.1, 0.15) is 35.6 Å². The van der Waals surface area contributed by atoms with Gasteiger partial charge in [-0.3, -0.25) is 4.79 Å². The molecule has 3 aromatic carbocycles. The monoisotopic (exact) mass is 672 g/mol. The first-order valence-electron chi connectivity index (χ1n) is 15.2. The minimum atomic E-state index is -1.17. The molecule has 2 unspecified atom stereocenters. The SMILES string of the molecule is COc1cc(OC)cc(C(=O)N[C@@H]2C(Cn3cnc4c(NCc5ccccc5Sc5ccccc5CO)ncnc43)OC(CO)[C@@H]2O)c1. The molecule has 0 bridgehead atoms. The van der Waals surface area contributed by atoms with E-state index in [1.165, 1.54) is 20.5 Å². The number of benzene rings is 3. The van der Waals surface area contributed by atoms with Gasteiger partial charge in [-0.05, 0) is 35.4 Å². The van der Waals surface area contributed by atoms with Gasteiger partial charge in [0.2, 0.25) is 0 Å². The summed E-state index contributed by atoms with van der Waals surface area (Å²) in [4.78, 5) is 28.8. The van der Waals surface area contributed by atoms with E-state index in [1.54, 1.807) is 40.9 Å². The van der Waals surface area contributed by atoms with Gasteiger partial charge in [-0.15, -0.1) is 0 Å². The molecule has 1 saturated heterocycles. The number of nitrogens with zero attached hydrogens (tertiary/aromatic N) is 4. The Balaban J connectivity index is 1.19. The summed E-state index contributed by atoms with van der Waals surface area (Å²) in [6.07, 6.45) is 0.262. The molecule has 5 aromatic rings. The maximum absolute atomic E-state index is 13.3. The maximum atomic E-state index is 13.3. The number of anilines is 1. The number of nitrogens with one attached hydrogen (secondary N) is 2. The number of fused-ring (bicyclic) bond motifs is 1. The summed E-state index contributed by atoms with van der Waals surface area (Å²) in [5, 5.41) is 36.9. The Kier molecular flexibility index (Phi) is 10.4. The summed E-state index contributed by atoms with van der Waals surface area (Å²) in [6.45, 7) is 0.171. The number of imidazole rings is 1. The van der Waals surface area contributed by atoms with Crippen LogP contribution in [-0.2, 0) is 24.4 Å². The second-order valence-corrected chi connectivity index (χ2v) is 12.2. The quantitative estimate of drug-likeness (QED) is 0.124. The first kappa shape index (κ1) is 33.2. The topological polar surface area (TPSA) is 173 Å². The van der Waals surface area contributed by atoms with E-state index >= 15 is 0 Å². The van der Waals surface area contributed by atoms with E-state index in [1.807, 2.05) is 48.5 Å². The lowest BCUT2D eigenvalue weighted by atomic mass is 10.0. The number of hydrogen-bond acceptors (Lipinski definition) is 12. The summed E-state index contributed by atoms with van der Waals surface area (Å²) in [7, 11) is 2.98. The van der Waals surface area contributed by atoms with Gasteiger partial charge >= 0.3 is 0 Å². The van der Waals surface area contributed by atoms with Crippen LogP contribution in [0.15, 0.2) is 89.2 Å². The zero-order valence-electron chi connectivity index (χ0n) is 26.3. The summed E-state index contributed by atoms with van der Waals surface area (Å²) in [6, 6.07) is 19.7. The Morgan fingerprint density at radius 2 is 1.62 bits per heavy atom. The molecule has 5 N–H and O–H groups in total. The summed E-state index contributed by atoms with van der Waals surface area (Å²) in [5.41, 5.74) is 3.24. The molecule has 1 fully saturated rings. The van der Waals surface area contributed by atoms with Crippen LogP contribution in [0.5, 0.6) is 11.5 Å². The number of aliphatic hydroxyl groups excluding tert-OH is 3. The molecule has 14 heteroatoms. The average Bonchev–Trinajstić information content (AvgIpc) is 3.67. The van der Waals surface area contributed by atoms with Crippen LogP contribution < -0.4 is 20.1 Å². The van der Waals surface area contributed by atoms with Crippen LogP contribution in [0.1, 0.15) is 21.5 Å². The molecule has 6 rings (SSSR count). The Labute approximate surface area is 280 Å². The number of aliphatic hydroxyl groups is 3. The molecule has 0 spiro atoms. The van der Waals surface area contributed by atoms with Crippen molar-refractivity contribution < 1.29 is 34.3 Å². The predicted molar refractivity (Wildman–Crippen MR) is 178 cm³/mol. The van der Waals surface area contributed by atoms with Gasteiger partial charge in [0.05, 0.1) is 52.5 Å². The lowest BCUT2D eigenvalue weighted by Crippen LogP contribution is -2.49. The number of ether oxygens (including phenoxy) is 3. The molecule has 1 amide bonds. The number of rotatable bonds is 13. The highest BCUT2D eigenvalue weighted by Crippen LogP contribution is 2.34. The van der Waals surface area contributed by atoms with Crippen LogP contribution in [0.3, 0.4) is 0 Å². The predicted octanol–water partition coefficient (Wildman–Crippen LogP) is 3.02. The minimum absolute atomic E-state index is 0.0404. The third-order valence-electron chi connectivity index (χ3n) is 8.15. The van der Waals surface area contributed by atoms with Gasteiger partial charge in [0.15, 0.2) is 11.5 Å². The molecule has 1 aliphatic heterocycles. The average molecular weight is 673 g/mol. The van der Waals surface area contributed by atoms with Crippen molar-refractivity contribution in [2.75, 3.05) is 26.1 Å². The van der Waals surface area contributed by atoms with E-state index in [-0.39, 0.29) is 18.7 Å². The third kappa shape index (κ3) is 7.07. The lowest BCUT2D eigenvalue weighted by molar-refractivity contribution is -0.0255. The summed E-state index contributed by atoms with van der Waals surface area (Å²) in [5.74, 6) is 0.948. The van der Waals surface area contributed by atoms with Crippen molar-refractivity contribution in [1.29, 1.82) is 0 Å². The van der Waals surface area contributed by atoms with Crippen LogP contribution >= 0.6 is 11.8 Å². The Hall–Kier alpha value is -4.73. The molecule has 48 heavy (non-hydrogen) atoms. The van der Waals surface area contributed by atoms with Crippen molar-refractivity contribution in [2.24, 2.45) is 0 Å². The molecule has 0 radical (unpaired) electrons. The van der Waals surface area contributed by atoms with Crippen LogP contribution in [0.25, 0.3) is 11.2 Å². The van der Waals surface area contributed by atoms with E-state index in [0.717, 1.165) is 20.9 Å². The fraction of sp³-hybridized carbons (Fsp3) is 0.294. The fourth-order valence-electron chi connectivity index (χ4n) is 5.62. The van der Waals surface area contributed by atoms with Crippen molar-refractivity contribution in [2.45, 2.75) is 53.8 Å². The minimum Gasteiger partial charge on any atom is -0.497 e. The van der Waals surface area contributed by atoms with Gasteiger partial charge in [0, 0.05) is 28.0 Å². The van der Waals surface area contributed by atoms with Gasteiger partial charge in [-0.25, -0.2) is 15.0 Å². The molecule has 2 aromatic heterocycles. The highest BCUT2D eigenvalue weighted by molar-refractivity contribution is 7.99. The van der Waals surface area contributed by atoms with Gasteiger partial charge in [-0.1, -0.05) is 48.2 Å². The number of carbonyl (C=O) groups excluding carboxylic acids is 1. The van der Waals surface area contributed by atoms with Crippen molar-refractivity contribution >= 4 is 34.7 Å². The molecule has 3 heterocycles. The smallest absolute Gasteiger partial charge is 0.251 e. The largest absolute Gasteiger partial charge is 0.497 e. The van der Waals surface area contributed by atoms with E-state index in [0.29, 0.717) is 35.0 Å². The van der Waals surface area contributed by atoms with Gasteiger partial charge < -0.3 is 44.7 Å². The molecule has 1 aliphatic rings. The second-order valence-electron chi connectivity index (χ2n) is 11.1. The van der Waals surface area contributed by atoms with Crippen LogP contribution in [0.4, 0.5) is 5.82 Å². The fourth-order valence-corrected chi connectivity index (χ4v) is 6.68. The standard InChI is InChI=1S/C34H36N6O7S/c1-45-23-11-22(12-24(13-23)46-2)34(44)39-29-25(47-26(17-42)31(29)43)15-40-19-38-30-32(36-18-37-33(30)40)35-14-20-7-3-5-9-27(20)48-28-10-6-4-8-21(28)16-41/h3-13,18-19,25-26,29,31,41-43H,14-17H2,1-2H3,(H,39,44)(H,35,36,37)/t25?,26?,29-,31+/m1/s1. The number of methoxy groups -OCH3 is 2. The van der Waals surface area contributed by atoms with Crippen molar-refractivity contribution in [3.05, 3.63) is 96.1 Å². The Morgan fingerprint density at radius 3 is 2.31 bits per heavy atom. The number of carbonyl (C=O) groups is 1. The number of hydrogen-bond donors (Lipinski definition) is 5. The van der Waals surface area contributed by atoms with Gasteiger partial charge in [0.25, 0.3) is 5.91 Å². The molecule has 250 valence electrons. The second kappa shape index (κ2) is 15.0. The lowest BCUT2D eigenvalue weighted by Gasteiger charge is -2.22. The highest BCUT2D eigenvalue weighted by atomic mass is 32.2.